The topological polar surface area (TPSA) is 60.0 Å². The summed E-state index contributed by atoms with van der Waals surface area (Å²) < 4.78 is 0. The molecule has 6 nitrogen and oxygen atoms in total. The van der Waals surface area contributed by atoms with Gasteiger partial charge in [-0.1, -0.05) is 30.3 Å². The number of piperazine rings is 1. The highest BCUT2D eigenvalue weighted by Gasteiger charge is 2.18. The van der Waals surface area contributed by atoms with Crippen LogP contribution in [-0.2, 0) is 11.2 Å². The number of rotatable bonds is 7. The molecule has 7 heteroatoms. The molecule has 0 bridgehead atoms. The lowest BCUT2D eigenvalue weighted by Gasteiger charge is -2.34. The molecule has 1 unspecified atom stereocenters. The number of nitrogens with zero attached hydrogens (tertiary/aromatic N) is 3. The Labute approximate surface area is 180 Å². The predicted octanol–water partition coefficient (Wildman–Crippen LogP) is 1.95. The molecule has 1 aliphatic rings. The van der Waals surface area contributed by atoms with Crippen LogP contribution < -0.4 is 10.6 Å². The van der Waals surface area contributed by atoms with Crippen molar-refractivity contribution in [2.24, 2.45) is 4.99 Å². The molecule has 0 spiro atoms. The highest BCUT2D eigenvalue weighted by Crippen LogP contribution is 2.05. The van der Waals surface area contributed by atoms with Crippen molar-refractivity contribution in [3.05, 3.63) is 35.9 Å². The van der Waals surface area contributed by atoms with Gasteiger partial charge in [0.05, 0.1) is 0 Å². The number of benzene rings is 1. The minimum atomic E-state index is 0. The maximum Gasteiger partial charge on any atom is 0.219 e. The standard InChI is InChI=1S/C20H33N5O.HI/c1-17(9-10-19-7-5-4-6-8-19)23-20(21-3)22-11-12-24-13-15-25(16-14-24)18(2)26;/h4-8,17H,9-16H2,1-3H3,(H2,21,22,23);1H. The van der Waals surface area contributed by atoms with Crippen molar-refractivity contribution in [3.8, 4) is 0 Å². The Morgan fingerprint density at radius 1 is 1.19 bits per heavy atom. The van der Waals surface area contributed by atoms with Gasteiger partial charge < -0.3 is 15.5 Å². The zero-order chi connectivity index (χ0) is 18.8. The molecule has 0 aromatic heterocycles. The minimum absolute atomic E-state index is 0. The van der Waals surface area contributed by atoms with Gasteiger partial charge in [-0.2, -0.15) is 0 Å². The van der Waals surface area contributed by atoms with Crippen molar-refractivity contribution in [1.29, 1.82) is 0 Å². The van der Waals surface area contributed by atoms with Gasteiger partial charge in [-0.3, -0.25) is 14.7 Å². The van der Waals surface area contributed by atoms with Gasteiger partial charge in [-0.15, -0.1) is 24.0 Å². The number of aryl methyl sites for hydroxylation is 1. The van der Waals surface area contributed by atoms with Crippen molar-refractivity contribution in [1.82, 2.24) is 20.4 Å². The first-order chi connectivity index (χ1) is 12.6. The van der Waals surface area contributed by atoms with Crippen LogP contribution in [0.15, 0.2) is 35.3 Å². The summed E-state index contributed by atoms with van der Waals surface area (Å²) in [6.45, 7) is 9.21. The van der Waals surface area contributed by atoms with E-state index in [9.17, 15) is 4.79 Å². The Balaban J connectivity index is 0.00000364. The first-order valence-corrected chi connectivity index (χ1v) is 9.57. The number of halogens is 1. The van der Waals surface area contributed by atoms with E-state index < -0.39 is 0 Å². The SMILES string of the molecule is CN=C(NCCN1CCN(C(C)=O)CC1)NC(C)CCc1ccccc1.I. The lowest BCUT2D eigenvalue weighted by molar-refractivity contribution is -0.130. The molecule has 1 heterocycles. The normalized spacial score (nSPS) is 16.4. The molecule has 0 saturated carbocycles. The average molecular weight is 487 g/mol. The Hall–Kier alpha value is -1.35. The van der Waals surface area contributed by atoms with Crippen molar-refractivity contribution in [2.45, 2.75) is 32.7 Å². The number of hydrogen-bond donors (Lipinski definition) is 2. The van der Waals surface area contributed by atoms with Crippen LogP contribution in [0.5, 0.6) is 0 Å². The third-order valence-electron chi connectivity index (χ3n) is 4.85. The number of amides is 1. The van der Waals surface area contributed by atoms with E-state index in [1.165, 1.54) is 5.56 Å². The number of carbonyl (C=O) groups is 1. The van der Waals surface area contributed by atoms with Crippen molar-refractivity contribution >= 4 is 35.8 Å². The van der Waals surface area contributed by atoms with Crippen LogP contribution in [0.25, 0.3) is 0 Å². The molecule has 1 saturated heterocycles. The van der Waals surface area contributed by atoms with Crippen molar-refractivity contribution < 1.29 is 4.79 Å². The fourth-order valence-electron chi connectivity index (χ4n) is 3.15. The molecule has 2 N–H and O–H groups in total. The van der Waals surface area contributed by atoms with Crippen LogP contribution in [0.3, 0.4) is 0 Å². The predicted molar refractivity (Wildman–Crippen MR) is 123 cm³/mol. The number of guanidine groups is 1. The van der Waals surface area contributed by atoms with Gasteiger partial charge in [0.2, 0.25) is 5.91 Å². The van der Waals surface area contributed by atoms with Crippen LogP contribution in [0.4, 0.5) is 0 Å². The fourth-order valence-corrected chi connectivity index (χ4v) is 3.15. The Morgan fingerprint density at radius 2 is 1.85 bits per heavy atom. The highest BCUT2D eigenvalue weighted by molar-refractivity contribution is 14.0. The highest BCUT2D eigenvalue weighted by atomic mass is 127. The first kappa shape index (κ1) is 23.7. The van der Waals surface area contributed by atoms with Gasteiger partial charge in [0.15, 0.2) is 5.96 Å². The lowest BCUT2D eigenvalue weighted by atomic mass is 10.1. The second-order valence-electron chi connectivity index (χ2n) is 6.92. The van der Waals surface area contributed by atoms with Gasteiger partial charge in [-0.25, -0.2) is 0 Å². The Kier molecular flexibility index (Phi) is 11.3. The summed E-state index contributed by atoms with van der Waals surface area (Å²) >= 11 is 0. The summed E-state index contributed by atoms with van der Waals surface area (Å²) in [5.74, 6) is 1.03. The van der Waals surface area contributed by atoms with Crippen molar-refractivity contribution in [2.75, 3.05) is 46.3 Å². The zero-order valence-electron chi connectivity index (χ0n) is 16.8. The molecule has 1 amide bonds. The van der Waals surface area contributed by atoms with Crippen LogP contribution in [0, 0.1) is 0 Å². The molecule has 1 fully saturated rings. The van der Waals surface area contributed by atoms with Gasteiger partial charge in [0, 0.05) is 59.3 Å². The largest absolute Gasteiger partial charge is 0.355 e. The number of carbonyl (C=O) groups excluding carboxylic acids is 1. The third-order valence-corrected chi connectivity index (χ3v) is 4.85. The molecule has 0 aliphatic carbocycles. The third kappa shape index (κ3) is 8.92. The summed E-state index contributed by atoms with van der Waals surface area (Å²) in [6.07, 6.45) is 2.13. The average Bonchev–Trinajstić information content (AvgIpc) is 2.66. The van der Waals surface area contributed by atoms with Gasteiger partial charge in [0.25, 0.3) is 0 Å². The van der Waals surface area contributed by atoms with E-state index in [2.05, 4.69) is 57.8 Å². The summed E-state index contributed by atoms with van der Waals surface area (Å²) in [6, 6.07) is 10.9. The second-order valence-corrected chi connectivity index (χ2v) is 6.92. The van der Waals surface area contributed by atoms with E-state index in [4.69, 9.17) is 0 Å². The Bertz CT molecular complexity index is 573. The number of hydrogen-bond acceptors (Lipinski definition) is 3. The van der Waals surface area contributed by atoms with Crippen LogP contribution in [-0.4, -0.2) is 74.0 Å². The molecular formula is C20H34IN5O. The maximum atomic E-state index is 11.4. The summed E-state index contributed by atoms with van der Waals surface area (Å²) in [4.78, 5) is 20.0. The number of aliphatic imine (C=N–C) groups is 1. The first-order valence-electron chi connectivity index (χ1n) is 9.57. The molecule has 1 aromatic rings. The molecule has 1 aliphatic heterocycles. The van der Waals surface area contributed by atoms with E-state index in [0.29, 0.717) is 6.04 Å². The van der Waals surface area contributed by atoms with E-state index in [0.717, 1.165) is 58.1 Å². The molecule has 0 radical (unpaired) electrons. The lowest BCUT2D eigenvalue weighted by Crippen LogP contribution is -2.50. The van der Waals surface area contributed by atoms with E-state index >= 15 is 0 Å². The van der Waals surface area contributed by atoms with Crippen molar-refractivity contribution in [3.63, 3.8) is 0 Å². The smallest absolute Gasteiger partial charge is 0.219 e. The second kappa shape index (κ2) is 12.9. The molecular weight excluding hydrogens is 453 g/mol. The molecule has 1 aromatic carbocycles. The molecule has 27 heavy (non-hydrogen) atoms. The van der Waals surface area contributed by atoms with E-state index in [1.54, 1.807) is 6.92 Å². The molecule has 152 valence electrons. The van der Waals surface area contributed by atoms with Crippen LogP contribution in [0.2, 0.25) is 0 Å². The maximum absolute atomic E-state index is 11.4. The van der Waals surface area contributed by atoms with Crippen LogP contribution in [0.1, 0.15) is 25.8 Å². The summed E-state index contributed by atoms with van der Waals surface area (Å²) in [5.41, 5.74) is 1.37. The van der Waals surface area contributed by atoms with E-state index in [-0.39, 0.29) is 29.9 Å². The van der Waals surface area contributed by atoms with Gasteiger partial charge in [0.1, 0.15) is 0 Å². The van der Waals surface area contributed by atoms with E-state index in [1.807, 2.05) is 11.9 Å². The summed E-state index contributed by atoms with van der Waals surface area (Å²) in [7, 11) is 1.81. The summed E-state index contributed by atoms with van der Waals surface area (Å²) in [5, 5.41) is 6.86. The fraction of sp³-hybridized carbons (Fsp3) is 0.600. The molecule has 1 atom stereocenters. The minimum Gasteiger partial charge on any atom is -0.355 e. The van der Waals surface area contributed by atoms with Gasteiger partial charge in [-0.05, 0) is 25.3 Å². The van der Waals surface area contributed by atoms with Crippen LogP contribution >= 0.6 is 24.0 Å². The quantitative estimate of drug-likeness (QED) is 0.351. The molecule has 2 rings (SSSR count). The van der Waals surface area contributed by atoms with Gasteiger partial charge >= 0.3 is 0 Å². The monoisotopic (exact) mass is 487 g/mol. The zero-order valence-corrected chi connectivity index (χ0v) is 19.1. The number of nitrogens with one attached hydrogen (secondary N) is 2. The Morgan fingerprint density at radius 3 is 2.44 bits per heavy atom.